The molecule has 0 atom stereocenters. The molecular formula is C10H14O. The van der Waals surface area contributed by atoms with Crippen LogP contribution >= 0.6 is 0 Å². The minimum atomic E-state index is 0.525. The SMILES string of the molecule is CCCCC(O)=C1C=CC=C1. The van der Waals surface area contributed by atoms with Gasteiger partial charge in [-0.05, 0) is 6.42 Å². The van der Waals surface area contributed by atoms with Gasteiger partial charge in [0.05, 0.1) is 5.76 Å². The second-order valence-corrected chi connectivity index (χ2v) is 2.72. The molecule has 0 bridgehead atoms. The molecule has 1 nitrogen and oxygen atoms in total. The molecule has 0 aromatic heterocycles. The van der Waals surface area contributed by atoms with Crippen LogP contribution in [0.25, 0.3) is 0 Å². The van der Waals surface area contributed by atoms with Crippen LogP contribution in [0.5, 0.6) is 0 Å². The van der Waals surface area contributed by atoms with E-state index in [2.05, 4.69) is 6.92 Å². The first-order chi connectivity index (χ1) is 5.34. The number of unbranched alkanes of at least 4 members (excludes halogenated alkanes) is 1. The van der Waals surface area contributed by atoms with Crippen LogP contribution in [0.3, 0.4) is 0 Å². The summed E-state index contributed by atoms with van der Waals surface area (Å²) in [6, 6.07) is 0. The Bertz CT molecular complexity index is 195. The van der Waals surface area contributed by atoms with Crippen LogP contribution in [0.1, 0.15) is 26.2 Å². The summed E-state index contributed by atoms with van der Waals surface area (Å²) in [5.41, 5.74) is 0.971. The zero-order valence-electron chi connectivity index (χ0n) is 6.88. The number of aliphatic hydroxyl groups is 1. The third kappa shape index (κ3) is 2.26. The highest BCUT2D eigenvalue weighted by molar-refractivity contribution is 5.41. The average Bonchev–Trinajstić information content (AvgIpc) is 2.52. The largest absolute Gasteiger partial charge is 0.512 e. The molecule has 1 heteroatoms. The summed E-state index contributed by atoms with van der Waals surface area (Å²) >= 11 is 0. The fourth-order valence-corrected chi connectivity index (χ4v) is 1.05. The van der Waals surface area contributed by atoms with E-state index >= 15 is 0 Å². The maximum atomic E-state index is 9.46. The highest BCUT2D eigenvalue weighted by Crippen LogP contribution is 2.15. The van der Waals surface area contributed by atoms with E-state index in [9.17, 15) is 5.11 Å². The normalized spacial score (nSPS) is 14.5. The predicted molar refractivity (Wildman–Crippen MR) is 47.5 cm³/mol. The van der Waals surface area contributed by atoms with E-state index in [1.807, 2.05) is 24.3 Å². The van der Waals surface area contributed by atoms with Crippen molar-refractivity contribution in [1.29, 1.82) is 0 Å². The van der Waals surface area contributed by atoms with Crippen molar-refractivity contribution < 1.29 is 5.11 Å². The Labute approximate surface area is 67.7 Å². The number of aliphatic hydroxyl groups excluding tert-OH is 1. The topological polar surface area (TPSA) is 20.2 Å². The smallest absolute Gasteiger partial charge is 0.0994 e. The Morgan fingerprint density at radius 1 is 1.36 bits per heavy atom. The minimum Gasteiger partial charge on any atom is -0.512 e. The molecule has 0 aromatic carbocycles. The van der Waals surface area contributed by atoms with Gasteiger partial charge in [0.25, 0.3) is 0 Å². The Hall–Kier alpha value is -0.980. The van der Waals surface area contributed by atoms with Gasteiger partial charge in [0, 0.05) is 12.0 Å². The molecule has 1 rings (SSSR count). The molecule has 0 radical (unpaired) electrons. The van der Waals surface area contributed by atoms with E-state index in [0.29, 0.717) is 5.76 Å². The Morgan fingerprint density at radius 3 is 2.55 bits per heavy atom. The van der Waals surface area contributed by atoms with Gasteiger partial charge in [0.15, 0.2) is 0 Å². The summed E-state index contributed by atoms with van der Waals surface area (Å²) in [6.45, 7) is 2.12. The molecule has 1 aliphatic rings. The van der Waals surface area contributed by atoms with Crippen LogP contribution < -0.4 is 0 Å². The van der Waals surface area contributed by atoms with Gasteiger partial charge in [0.1, 0.15) is 0 Å². The lowest BCUT2D eigenvalue weighted by Gasteiger charge is -1.99. The minimum absolute atomic E-state index is 0.525. The summed E-state index contributed by atoms with van der Waals surface area (Å²) < 4.78 is 0. The molecule has 1 N–H and O–H groups in total. The van der Waals surface area contributed by atoms with Gasteiger partial charge in [-0.25, -0.2) is 0 Å². The van der Waals surface area contributed by atoms with Crippen LogP contribution in [-0.4, -0.2) is 5.11 Å². The van der Waals surface area contributed by atoms with Crippen molar-refractivity contribution in [2.45, 2.75) is 26.2 Å². The Morgan fingerprint density at radius 2 is 2.00 bits per heavy atom. The fraction of sp³-hybridized carbons (Fsp3) is 0.400. The number of rotatable bonds is 3. The van der Waals surface area contributed by atoms with E-state index in [1.165, 1.54) is 0 Å². The molecule has 0 aromatic rings. The first-order valence-electron chi connectivity index (χ1n) is 4.11. The van der Waals surface area contributed by atoms with Crippen LogP contribution in [0.15, 0.2) is 35.6 Å². The molecule has 0 fully saturated rings. The molecule has 0 heterocycles. The van der Waals surface area contributed by atoms with Crippen molar-refractivity contribution >= 4 is 0 Å². The van der Waals surface area contributed by atoms with E-state index < -0.39 is 0 Å². The third-order valence-electron chi connectivity index (χ3n) is 1.76. The molecule has 0 spiro atoms. The maximum absolute atomic E-state index is 9.46. The summed E-state index contributed by atoms with van der Waals surface area (Å²) in [5, 5.41) is 9.46. The van der Waals surface area contributed by atoms with Crippen LogP contribution in [0, 0.1) is 0 Å². The van der Waals surface area contributed by atoms with Gasteiger partial charge in [-0.15, -0.1) is 0 Å². The molecule has 11 heavy (non-hydrogen) atoms. The predicted octanol–water partition coefficient (Wildman–Crippen LogP) is 3.11. The summed E-state index contributed by atoms with van der Waals surface area (Å²) in [7, 11) is 0. The van der Waals surface area contributed by atoms with Crippen LogP contribution in [0.2, 0.25) is 0 Å². The molecule has 0 saturated heterocycles. The van der Waals surface area contributed by atoms with E-state index in [1.54, 1.807) is 0 Å². The van der Waals surface area contributed by atoms with Crippen molar-refractivity contribution in [3.63, 3.8) is 0 Å². The molecule has 0 amide bonds. The third-order valence-corrected chi connectivity index (χ3v) is 1.76. The second-order valence-electron chi connectivity index (χ2n) is 2.72. The molecule has 1 aliphatic carbocycles. The first kappa shape index (κ1) is 8.12. The van der Waals surface area contributed by atoms with Crippen molar-refractivity contribution in [3.05, 3.63) is 35.6 Å². The van der Waals surface area contributed by atoms with E-state index in [4.69, 9.17) is 0 Å². The van der Waals surface area contributed by atoms with E-state index in [-0.39, 0.29) is 0 Å². The van der Waals surface area contributed by atoms with E-state index in [0.717, 1.165) is 24.8 Å². The van der Waals surface area contributed by atoms with Gasteiger partial charge >= 0.3 is 0 Å². The maximum Gasteiger partial charge on any atom is 0.0994 e. The first-order valence-corrected chi connectivity index (χ1v) is 4.11. The zero-order chi connectivity index (χ0) is 8.10. The van der Waals surface area contributed by atoms with Crippen molar-refractivity contribution in [3.8, 4) is 0 Å². The summed E-state index contributed by atoms with van der Waals surface area (Å²) in [5.74, 6) is 0.525. The van der Waals surface area contributed by atoms with Gasteiger partial charge in [-0.3, -0.25) is 0 Å². The number of allylic oxidation sites excluding steroid dienone is 6. The molecule has 0 aliphatic heterocycles. The zero-order valence-corrected chi connectivity index (χ0v) is 6.88. The molecule has 60 valence electrons. The standard InChI is InChI=1S/C10H14O/c1-2-3-8-10(11)9-6-4-5-7-9/h4-7,11H,2-3,8H2,1H3. The summed E-state index contributed by atoms with van der Waals surface area (Å²) in [6.07, 6.45) is 10.8. The monoisotopic (exact) mass is 150 g/mol. The van der Waals surface area contributed by atoms with Gasteiger partial charge in [-0.2, -0.15) is 0 Å². The van der Waals surface area contributed by atoms with Crippen LogP contribution in [-0.2, 0) is 0 Å². The van der Waals surface area contributed by atoms with Crippen LogP contribution in [0.4, 0.5) is 0 Å². The highest BCUT2D eigenvalue weighted by atomic mass is 16.3. The van der Waals surface area contributed by atoms with Gasteiger partial charge in [-0.1, -0.05) is 37.6 Å². The van der Waals surface area contributed by atoms with Crippen molar-refractivity contribution in [1.82, 2.24) is 0 Å². The van der Waals surface area contributed by atoms with Crippen molar-refractivity contribution in [2.24, 2.45) is 0 Å². The van der Waals surface area contributed by atoms with Crippen molar-refractivity contribution in [2.75, 3.05) is 0 Å². The highest BCUT2D eigenvalue weighted by Gasteiger charge is 2.00. The molecule has 0 saturated carbocycles. The quantitative estimate of drug-likeness (QED) is 0.613. The average molecular weight is 150 g/mol. The number of hydrogen-bond donors (Lipinski definition) is 1. The lowest BCUT2D eigenvalue weighted by atomic mass is 10.1. The Balaban J connectivity index is 2.50. The lowest BCUT2D eigenvalue weighted by molar-refractivity contribution is 0.380. The Kier molecular flexibility index (Phi) is 2.96. The lowest BCUT2D eigenvalue weighted by Crippen LogP contribution is -1.85. The molecular weight excluding hydrogens is 136 g/mol. The summed E-state index contributed by atoms with van der Waals surface area (Å²) in [4.78, 5) is 0. The van der Waals surface area contributed by atoms with Gasteiger partial charge < -0.3 is 5.11 Å². The fourth-order valence-electron chi connectivity index (χ4n) is 1.05. The van der Waals surface area contributed by atoms with Gasteiger partial charge in [0.2, 0.25) is 0 Å². The molecule has 0 unspecified atom stereocenters. The second kappa shape index (κ2) is 4.02. The number of hydrogen-bond acceptors (Lipinski definition) is 1.